The normalized spacial score (nSPS) is 14.4. The third-order valence-electron chi connectivity index (χ3n) is 1.46. The molecular weight excluding hydrogens is 144 g/mol. The lowest BCUT2D eigenvalue weighted by atomic mass is 10.1. The molecule has 0 unspecified atom stereocenters. The molecule has 0 heterocycles. The third-order valence-corrected chi connectivity index (χ3v) is 1.46. The Morgan fingerprint density at radius 1 is 1.73 bits per heavy atom. The van der Waals surface area contributed by atoms with Crippen molar-refractivity contribution in [2.45, 2.75) is 25.9 Å². The van der Waals surface area contributed by atoms with Crippen LogP contribution in [0.5, 0.6) is 0 Å². The molecule has 11 heavy (non-hydrogen) atoms. The van der Waals surface area contributed by atoms with Gasteiger partial charge in [0.1, 0.15) is 0 Å². The second-order valence-corrected chi connectivity index (χ2v) is 2.28. The van der Waals surface area contributed by atoms with Crippen LogP contribution in [0.3, 0.4) is 0 Å². The van der Waals surface area contributed by atoms with Crippen molar-refractivity contribution in [3.8, 4) is 12.3 Å². The molecule has 0 aliphatic heterocycles. The van der Waals surface area contributed by atoms with Crippen molar-refractivity contribution in [1.29, 1.82) is 0 Å². The van der Waals surface area contributed by atoms with E-state index >= 15 is 0 Å². The molecule has 0 N–H and O–H groups in total. The van der Waals surface area contributed by atoms with E-state index in [4.69, 9.17) is 11.2 Å². The monoisotopic (exact) mass is 156 g/mol. The van der Waals surface area contributed by atoms with Gasteiger partial charge in [-0.2, -0.15) is 0 Å². The molecule has 62 valence electrons. The smallest absolute Gasteiger partial charge is 0.438 e. The highest BCUT2D eigenvalue weighted by Crippen LogP contribution is 2.13. The van der Waals surface area contributed by atoms with Gasteiger partial charge in [0.15, 0.2) is 5.60 Å². The van der Waals surface area contributed by atoms with Crippen molar-refractivity contribution in [2.24, 2.45) is 0 Å². The van der Waals surface area contributed by atoms with Crippen molar-refractivity contribution in [3.05, 3.63) is 0 Å². The minimum atomic E-state index is -0.840. The highest BCUT2D eigenvalue weighted by atomic mass is 16.7. The molecule has 0 saturated heterocycles. The molecule has 0 amide bonds. The van der Waals surface area contributed by atoms with Crippen molar-refractivity contribution in [1.82, 2.24) is 0 Å². The van der Waals surface area contributed by atoms with E-state index < -0.39 is 11.8 Å². The number of terminal acetylenes is 1. The summed E-state index contributed by atoms with van der Waals surface area (Å²) in [6.07, 6.45) is 4.96. The number of hydrogen-bond donors (Lipinski definition) is 0. The standard InChI is InChI=1S/C8H12O3/c1-5-8(3,6-2)11-7(9)10-4/h1H,6H2,2-4H3/t8-/m0/s1. The summed E-state index contributed by atoms with van der Waals surface area (Å²) < 4.78 is 9.08. The van der Waals surface area contributed by atoms with Crippen molar-refractivity contribution in [2.75, 3.05) is 7.11 Å². The Bertz CT molecular complexity index is 180. The van der Waals surface area contributed by atoms with E-state index in [0.29, 0.717) is 6.42 Å². The van der Waals surface area contributed by atoms with E-state index in [1.54, 1.807) is 6.92 Å². The molecule has 0 aromatic rings. The van der Waals surface area contributed by atoms with E-state index in [9.17, 15) is 4.79 Å². The Balaban J connectivity index is 4.11. The molecule has 0 fully saturated rings. The Labute approximate surface area is 66.7 Å². The molecule has 0 bridgehead atoms. The van der Waals surface area contributed by atoms with E-state index in [1.165, 1.54) is 7.11 Å². The largest absolute Gasteiger partial charge is 0.509 e. The van der Waals surface area contributed by atoms with Crippen LogP contribution in [-0.4, -0.2) is 18.9 Å². The third kappa shape index (κ3) is 2.94. The molecule has 0 saturated carbocycles. The lowest BCUT2D eigenvalue weighted by Gasteiger charge is -2.20. The summed E-state index contributed by atoms with van der Waals surface area (Å²) in [6, 6.07) is 0. The summed E-state index contributed by atoms with van der Waals surface area (Å²) in [5.74, 6) is 2.37. The molecule has 1 atom stereocenters. The molecular formula is C8H12O3. The highest BCUT2D eigenvalue weighted by molar-refractivity contribution is 5.60. The topological polar surface area (TPSA) is 35.5 Å². The average molecular weight is 156 g/mol. The number of rotatable bonds is 2. The zero-order valence-corrected chi connectivity index (χ0v) is 7.01. The lowest BCUT2D eigenvalue weighted by Crippen LogP contribution is -2.28. The SMILES string of the molecule is C#C[C@@](C)(CC)OC(=O)OC. The lowest BCUT2D eigenvalue weighted by molar-refractivity contribution is 0.0119. The van der Waals surface area contributed by atoms with E-state index in [1.807, 2.05) is 6.92 Å². The van der Waals surface area contributed by atoms with Crippen molar-refractivity contribution >= 4 is 6.16 Å². The van der Waals surface area contributed by atoms with Gasteiger partial charge in [0.2, 0.25) is 0 Å². The van der Waals surface area contributed by atoms with Gasteiger partial charge in [-0.05, 0) is 13.3 Å². The molecule has 0 spiro atoms. The van der Waals surface area contributed by atoms with Crippen LogP contribution in [0.1, 0.15) is 20.3 Å². The summed E-state index contributed by atoms with van der Waals surface area (Å²) in [7, 11) is 1.24. The number of methoxy groups -OCH3 is 1. The van der Waals surface area contributed by atoms with Gasteiger partial charge < -0.3 is 9.47 Å². The van der Waals surface area contributed by atoms with Gasteiger partial charge in [0.05, 0.1) is 7.11 Å². The minimum absolute atomic E-state index is 0.568. The summed E-state index contributed by atoms with van der Waals surface area (Å²) >= 11 is 0. The Hall–Kier alpha value is -1.17. The Morgan fingerprint density at radius 3 is 2.55 bits per heavy atom. The minimum Gasteiger partial charge on any atom is -0.438 e. The molecule has 0 radical (unpaired) electrons. The second-order valence-electron chi connectivity index (χ2n) is 2.28. The zero-order chi connectivity index (χ0) is 8.91. The van der Waals surface area contributed by atoms with Crippen LogP contribution < -0.4 is 0 Å². The number of carbonyl (C=O) groups excluding carboxylic acids is 1. The Kier molecular flexibility index (Phi) is 3.46. The average Bonchev–Trinajstić information content (AvgIpc) is 2.04. The predicted molar refractivity (Wildman–Crippen MR) is 41.0 cm³/mol. The summed E-state index contributed by atoms with van der Waals surface area (Å²) in [4.78, 5) is 10.6. The summed E-state index contributed by atoms with van der Waals surface area (Å²) in [5, 5.41) is 0. The maximum Gasteiger partial charge on any atom is 0.509 e. The van der Waals surface area contributed by atoms with Gasteiger partial charge in [0, 0.05) is 0 Å². The summed E-state index contributed by atoms with van der Waals surface area (Å²) in [6.45, 7) is 3.49. The molecule has 3 heteroatoms. The van der Waals surface area contributed by atoms with E-state index in [-0.39, 0.29) is 0 Å². The zero-order valence-electron chi connectivity index (χ0n) is 7.01. The maximum absolute atomic E-state index is 10.6. The van der Waals surface area contributed by atoms with Crippen LogP contribution in [0.4, 0.5) is 4.79 Å². The van der Waals surface area contributed by atoms with Gasteiger partial charge in [-0.15, -0.1) is 6.42 Å². The quantitative estimate of drug-likeness (QED) is 0.449. The first-order valence-corrected chi connectivity index (χ1v) is 3.32. The van der Waals surface area contributed by atoms with Crippen LogP contribution in [-0.2, 0) is 9.47 Å². The highest BCUT2D eigenvalue weighted by Gasteiger charge is 2.23. The van der Waals surface area contributed by atoms with E-state index in [2.05, 4.69) is 10.7 Å². The fraction of sp³-hybridized carbons (Fsp3) is 0.625. The van der Waals surface area contributed by atoms with Gasteiger partial charge in [0.25, 0.3) is 0 Å². The van der Waals surface area contributed by atoms with Gasteiger partial charge in [-0.1, -0.05) is 12.8 Å². The van der Waals surface area contributed by atoms with Crippen LogP contribution in [0.2, 0.25) is 0 Å². The van der Waals surface area contributed by atoms with Crippen molar-refractivity contribution < 1.29 is 14.3 Å². The fourth-order valence-electron chi connectivity index (χ4n) is 0.429. The van der Waals surface area contributed by atoms with Crippen LogP contribution in [0, 0.1) is 12.3 Å². The maximum atomic E-state index is 10.6. The molecule has 0 aliphatic rings. The number of carbonyl (C=O) groups is 1. The first kappa shape index (κ1) is 9.83. The first-order valence-electron chi connectivity index (χ1n) is 3.32. The van der Waals surface area contributed by atoms with Crippen LogP contribution >= 0.6 is 0 Å². The molecule has 0 aromatic heterocycles. The van der Waals surface area contributed by atoms with Gasteiger partial charge in [-0.3, -0.25) is 0 Å². The predicted octanol–water partition coefficient (Wildman–Crippen LogP) is 1.57. The van der Waals surface area contributed by atoms with E-state index in [0.717, 1.165) is 0 Å². The molecule has 3 nitrogen and oxygen atoms in total. The van der Waals surface area contributed by atoms with Crippen LogP contribution in [0.15, 0.2) is 0 Å². The number of hydrogen-bond acceptors (Lipinski definition) is 3. The van der Waals surface area contributed by atoms with Gasteiger partial charge in [-0.25, -0.2) is 4.79 Å². The van der Waals surface area contributed by atoms with Gasteiger partial charge >= 0.3 is 6.16 Å². The van der Waals surface area contributed by atoms with Crippen LogP contribution in [0.25, 0.3) is 0 Å². The first-order chi connectivity index (χ1) is 5.08. The fourth-order valence-corrected chi connectivity index (χ4v) is 0.429. The molecule has 0 aliphatic carbocycles. The molecule has 0 aromatic carbocycles. The second kappa shape index (κ2) is 3.87. The Morgan fingerprint density at radius 2 is 2.27 bits per heavy atom. The number of ether oxygens (including phenoxy) is 2. The summed E-state index contributed by atoms with van der Waals surface area (Å²) in [5.41, 5.74) is -0.840. The van der Waals surface area contributed by atoms with Crippen molar-refractivity contribution in [3.63, 3.8) is 0 Å². The molecule has 0 rings (SSSR count).